The summed E-state index contributed by atoms with van der Waals surface area (Å²) in [7, 11) is 0. The van der Waals surface area contributed by atoms with Gasteiger partial charge in [0.25, 0.3) is 0 Å². The third kappa shape index (κ3) is 1.64. The molecule has 0 radical (unpaired) electrons. The summed E-state index contributed by atoms with van der Waals surface area (Å²) < 4.78 is 12.0. The number of aromatic nitrogens is 2. The van der Waals surface area contributed by atoms with Gasteiger partial charge < -0.3 is 9.47 Å². The van der Waals surface area contributed by atoms with Crippen LogP contribution >= 0.6 is 0 Å². The van der Waals surface area contributed by atoms with E-state index < -0.39 is 0 Å². The van der Waals surface area contributed by atoms with Crippen molar-refractivity contribution in [3.05, 3.63) is 47.3 Å². The Morgan fingerprint density at radius 3 is 2.70 bits per heavy atom. The van der Waals surface area contributed by atoms with Crippen LogP contribution in [0.15, 0.2) is 30.6 Å². The summed E-state index contributed by atoms with van der Waals surface area (Å²) in [6.45, 7) is 2.82. The maximum Gasteiger partial charge on any atom is 0.321 e. The van der Waals surface area contributed by atoms with Crippen LogP contribution in [0.2, 0.25) is 0 Å². The molecule has 1 aliphatic heterocycles. The van der Waals surface area contributed by atoms with Crippen molar-refractivity contribution < 1.29 is 9.47 Å². The molecule has 1 fully saturated rings. The topological polar surface area (TPSA) is 44.2 Å². The van der Waals surface area contributed by atoms with Crippen molar-refractivity contribution in [3.63, 3.8) is 0 Å². The Morgan fingerprint density at radius 2 is 2.00 bits per heavy atom. The summed E-state index contributed by atoms with van der Waals surface area (Å²) in [5.41, 5.74) is 3.64. The molecular formula is C16H16N2O2. The molecule has 0 unspecified atom stereocenters. The predicted octanol–water partition coefficient (Wildman–Crippen LogP) is 3.49. The quantitative estimate of drug-likeness (QED) is 0.836. The number of benzene rings is 1. The lowest BCUT2D eigenvalue weighted by Crippen LogP contribution is -2.33. The molecule has 102 valence electrons. The van der Waals surface area contributed by atoms with Gasteiger partial charge in [0.2, 0.25) is 0 Å². The zero-order valence-corrected chi connectivity index (χ0v) is 11.4. The lowest BCUT2D eigenvalue weighted by molar-refractivity contribution is -0.0951. The highest BCUT2D eigenvalue weighted by Crippen LogP contribution is 2.54. The van der Waals surface area contributed by atoms with E-state index in [1.165, 1.54) is 23.1 Å². The highest BCUT2D eigenvalue weighted by molar-refractivity contribution is 5.51. The molecule has 4 nitrogen and oxygen atoms in total. The SMILES string of the molecule is Cc1ccc(Oc2ncccn2)c2c1COC21CCC1. The minimum absolute atomic E-state index is 0.120. The van der Waals surface area contributed by atoms with E-state index in [0.29, 0.717) is 12.6 Å². The van der Waals surface area contributed by atoms with E-state index in [-0.39, 0.29) is 5.60 Å². The van der Waals surface area contributed by atoms with E-state index in [0.717, 1.165) is 18.6 Å². The van der Waals surface area contributed by atoms with E-state index in [2.05, 4.69) is 23.0 Å². The predicted molar refractivity (Wildman–Crippen MR) is 73.6 cm³/mol. The molecule has 2 aromatic rings. The van der Waals surface area contributed by atoms with E-state index >= 15 is 0 Å². The van der Waals surface area contributed by atoms with E-state index in [1.54, 1.807) is 18.5 Å². The van der Waals surface area contributed by atoms with Crippen molar-refractivity contribution in [2.45, 2.75) is 38.4 Å². The van der Waals surface area contributed by atoms with Gasteiger partial charge >= 0.3 is 6.01 Å². The first-order valence-corrected chi connectivity index (χ1v) is 7.00. The van der Waals surface area contributed by atoms with Gasteiger partial charge in [0.05, 0.1) is 12.2 Å². The van der Waals surface area contributed by atoms with Crippen molar-refractivity contribution in [2.24, 2.45) is 0 Å². The third-order valence-electron chi connectivity index (χ3n) is 4.36. The van der Waals surface area contributed by atoms with Gasteiger partial charge in [-0.1, -0.05) is 6.07 Å². The number of ether oxygens (including phenoxy) is 2. The van der Waals surface area contributed by atoms with Crippen molar-refractivity contribution in [2.75, 3.05) is 0 Å². The van der Waals surface area contributed by atoms with Crippen LogP contribution in [0.4, 0.5) is 0 Å². The van der Waals surface area contributed by atoms with Crippen LogP contribution in [0.5, 0.6) is 11.8 Å². The highest BCUT2D eigenvalue weighted by Gasteiger charge is 2.47. The molecular weight excluding hydrogens is 252 g/mol. The smallest absolute Gasteiger partial charge is 0.321 e. The lowest BCUT2D eigenvalue weighted by Gasteiger charge is -2.38. The molecule has 0 N–H and O–H groups in total. The molecule has 4 heteroatoms. The van der Waals surface area contributed by atoms with Crippen LogP contribution in [-0.2, 0) is 16.9 Å². The summed E-state index contributed by atoms with van der Waals surface area (Å²) in [6, 6.07) is 6.26. The Balaban J connectivity index is 1.79. The molecule has 20 heavy (non-hydrogen) atoms. The average molecular weight is 268 g/mol. The number of fused-ring (bicyclic) bond motifs is 2. The number of nitrogens with zero attached hydrogens (tertiary/aromatic N) is 2. The minimum Gasteiger partial charge on any atom is -0.424 e. The summed E-state index contributed by atoms with van der Waals surface area (Å²) in [6.07, 6.45) is 6.75. The molecule has 0 bridgehead atoms. The maximum absolute atomic E-state index is 6.09. The normalized spacial score (nSPS) is 18.6. The van der Waals surface area contributed by atoms with Gasteiger partial charge in [0.15, 0.2) is 0 Å². The van der Waals surface area contributed by atoms with Crippen LogP contribution in [0, 0.1) is 6.92 Å². The molecule has 0 amide bonds. The molecule has 0 atom stereocenters. The summed E-state index contributed by atoms with van der Waals surface area (Å²) >= 11 is 0. The first-order valence-electron chi connectivity index (χ1n) is 7.00. The van der Waals surface area contributed by atoms with Crippen LogP contribution in [0.25, 0.3) is 0 Å². The van der Waals surface area contributed by atoms with Crippen molar-refractivity contribution in [3.8, 4) is 11.8 Å². The molecule has 2 heterocycles. The average Bonchev–Trinajstić information content (AvgIpc) is 2.85. The summed E-state index contributed by atoms with van der Waals surface area (Å²) in [5, 5.41) is 0. The number of aryl methyl sites for hydroxylation is 1. The molecule has 2 aliphatic rings. The second-order valence-electron chi connectivity index (χ2n) is 5.50. The Hall–Kier alpha value is -1.94. The van der Waals surface area contributed by atoms with Gasteiger partial charge in [-0.15, -0.1) is 0 Å². The van der Waals surface area contributed by atoms with Crippen LogP contribution in [0.3, 0.4) is 0 Å². The fourth-order valence-corrected chi connectivity index (χ4v) is 3.11. The monoisotopic (exact) mass is 268 g/mol. The molecule has 1 saturated carbocycles. The van der Waals surface area contributed by atoms with Crippen molar-refractivity contribution in [1.82, 2.24) is 9.97 Å². The Kier molecular flexibility index (Phi) is 2.54. The van der Waals surface area contributed by atoms with E-state index in [9.17, 15) is 0 Å². The third-order valence-corrected chi connectivity index (χ3v) is 4.36. The second-order valence-corrected chi connectivity index (χ2v) is 5.50. The Labute approximate surface area is 117 Å². The van der Waals surface area contributed by atoms with Crippen LogP contribution < -0.4 is 4.74 Å². The zero-order valence-electron chi connectivity index (χ0n) is 11.4. The van der Waals surface area contributed by atoms with Gasteiger partial charge in [-0.05, 0) is 49.4 Å². The number of rotatable bonds is 2. The molecule has 1 aromatic heterocycles. The molecule has 4 rings (SSSR count). The van der Waals surface area contributed by atoms with Gasteiger partial charge in [0.1, 0.15) is 5.75 Å². The Bertz CT molecular complexity index is 651. The fraction of sp³-hybridized carbons (Fsp3) is 0.375. The fourth-order valence-electron chi connectivity index (χ4n) is 3.11. The number of hydrogen-bond donors (Lipinski definition) is 0. The van der Waals surface area contributed by atoms with Crippen molar-refractivity contribution >= 4 is 0 Å². The first kappa shape index (κ1) is 11.9. The first-order chi connectivity index (χ1) is 9.78. The highest BCUT2D eigenvalue weighted by atomic mass is 16.5. The standard InChI is InChI=1S/C16H16N2O2/c1-11-4-5-13(20-15-17-8-3-9-18-15)14-12(11)10-19-16(14)6-2-7-16/h3-5,8-9H,2,6-7,10H2,1H3. The van der Waals surface area contributed by atoms with Gasteiger partial charge in [-0.25, -0.2) is 9.97 Å². The lowest BCUT2D eigenvalue weighted by atomic mass is 9.74. The van der Waals surface area contributed by atoms with Gasteiger partial charge in [0, 0.05) is 18.0 Å². The largest absolute Gasteiger partial charge is 0.424 e. The van der Waals surface area contributed by atoms with Crippen LogP contribution in [0.1, 0.15) is 36.0 Å². The van der Waals surface area contributed by atoms with Gasteiger partial charge in [-0.3, -0.25) is 0 Å². The van der Waals surface area contributed by atoms with Crippen LogP contribution in [-0.4, -0.2) is 9.97 Å². The summed E-state index contributed by atoms with van der Waals surface area (Å²) in [5.74, 6) is 0.842. The molecule has 1 aliphatic carbocycles. The Morgan fingerprint density at radius 1 is 1.20 bits per heavy atom. The number of hydrogen-bond acceptors (Lipinski definition) is 4. The van der Waals surface area contributed by atoms with E-state index in [1.807, 2.05) is 6.07 Å². The van der Waals surface area contributed by atoms with Gasteiger partial charge in [-0.2, -0.15) is 0 Å². The molecule has 1 aromatic carbocycles. The maximum atomic E-state index is 6.09. The minimum atomic E-state index is -0.120. The second kappa shape index (κ2) is 4.28. The zero-order chi connectivity index (χ0) is 13.6. The summed E-state index contributed by atoms with van der Waals surface area (Å²) in [4.78, 5) is 8.28. The molecule has 0 saturated heterocycles. The van der Waals surface area contributed by atoms with Crippen molar-refractivity contribution in [1.29, 1.82) is 0 Å². The van der Waals surface area contributed by atoms with E-state index in [4.69, 9.17) is 9.47 Å². The molecule has 1 spiro atoms.